The molecule has 3 rings (SSSR count). The van der Waals surface area contributed by atoms with Gasteiger partial charge in [-0.1, -0.05) is 31.2 Å². The molecule has 0 spiro atoms. The Kier molecular flexibility index (Phi) is 5.26. The topological polar surface area (TPSA) is 32.3 Å². The van der Waals surface area contributed by atoms with Crippen molar-refractivity contribution in [1.82, 2.24) is 4.90 Å². The summed E-state index contributed by atoms with van der Waals surface area (Å²) in [6.45, 7) is 5.16. The quantitative estimate of drug-likeness (QED) is 0.915. The van der Waals surface area contributed by atoms with Crippen molar-refractivity contribution >= 4 is 11.6 Å². The minimum Gasteiger partial charge on any atom is -0.326 e. The van der Waals surface area contributed by atoms with Crippen molar-refractivity contribution in [3.63, 3.8) is 0 Å². The first kappa shape index (κ1) is 16.7. The van der Waals surface area contributed by atoms with Crippen LogP contribution in [0.4, 0.5) is 10.1 Å². The number of nitrogens with zero attached hydrogens (tertiary/aromatic N) is 1. The average molecular weight is 326 g/mol. The van der Waals surface area contributed by atoms with E-state index in [4.69, 9.17) is 0 Å². The summed E-state index contributed by atoms with van der Waals surface area (Å²) in [6.07, 6.45) is 1.81. The van der Waals surface area contributed by atoms with E-state index in [0.29, 0.717) is 0 Å². The molecule has 1 aliphatic rings. The van der Waals surface area contributed by atoms with Crippen LogP contribution in [0.25, 0.3) is 11.1 Å². The third-order valence-corrected chi connectivity index (χ3v) is 4.69. The molecule has 2 aromatic carbocycles. The average Bonchev–Trinajstić information content (AvgIpc) is 2.62. The smallest absolute Gasteiger partial charge is 0.227 e. The number of nitrogens with one attached hydrogen (secondary N) is 1. The number of hydrogen-bond donors (Lipinski definition) is 1. The Morgan fingerprint density at radius 2 is 1.79 bits per heavy atom. The highest BCUT2D eigenvalue weighted by Gasteiger charge is 2.24. The van der Waals surface area contributed by atoms with E-state index >= 15 is 0 Å². The Morgan fingerprint density at radius 3 is 2.46 bits per heavy atom. The molecule has 0 bridgehead atoms. The Morgan fingerprint density at radius 1 is 1.12 bits per heavy atom. The zero-order valence-electron chi connectivity index (χ0n) is 14.0. The molecule has 1 N–H and O–H groups in total. The lowest BCUT2D eigenvalue weighted by Gasteiger charge is -2.30. The first-order chi connectivity index (χ1) is 11.7. The molecule has 4 heteroatoms. The van der Waals surface area contributed by atoms with Crippen LogP contribution in [0.2, 0.25) is 0 Å². The minimum atomic E-state index is -0.260. The normalized spacial score (nSPS) is 16.1. The molecule has 1 aliphatic heterocycles. The van der Waals surface area contributed by atoms with Crippen molar-refractivity contribution in [2.75, 3.05) is 25.0 Å². The largest absolute Gasteiger partial charge is 0.326 e. The summed E-state index contributed by atoms with van der Waals surface area (Å²) < 4.78 is 13.4. The van der Waals surface area contributed by atoms with Gasteiger partial charge in [-0.15, -0.1) is 0 Å². The molecular formula is C20H23FN2O. The van der Waals surface area contributed by atoms with Crippen molar-refractivity contribution in [3.8, 4) is 11.1 Å². The molecule has 0 unspecified atom stereocenters. The Hall–Kier alpha value is -2.20. The van der Waals surface area contributed by atoms with Gasteiger partial charge in [-0.25, -0.2) is 4.39 Å². The first-order valence-corrected chi connectivity index (χ1v) is 8.55. The third kappa shape index (κ3) is 4.01. The van der Waals surface area contributed by atoms with Crippen LogP contribution in [-0.2, 0) is 4.79 Å². The molecule has 24 heavy (non-hydrogen) atoms. The minimum absolute atomic E-state index is 0.0747. The molecular weight excluding hydrogens is 303 g/mol. The summed E-state index contributed by atoms with van der Waals surface area (Å²) in [5.74, 6) is -0.0996. The number of benzene rings is 2. The van der Waals surface area contributed by atoms with Gasteiger partial charge in [-0.3, -0.25) is 4.79 Å². The summed E-state index contributed by atoms with van der Waals surface area (Å²) in [7, 11) is 0. The summed E-state index contributed by atoms with van der Waals surface area (Å²) in [4.78, 5) is 14.8. The van der Waals surface area contributed by atoms with Gasteiger partial charge in [-0.05, 0) is 67.9 Å². The van der Waals surface area contributed by atoms with Gasteiger partial charge in [0.2, 0.25) is 5.91 Å². The lowest BCUT2D eigenvalue weighted by atomic mass is 9.95. The van der Waals surface area contributed by atoms with E-state index in [0.717, 1.165) is 49.3 Å². The highest BCUT2D eigenvalue weighted by Crippen LogP contribution is 2.24. The fourth-order valence-corrected chi connectivity index (χ4v) is 3.20. The zero-order valence-corrected chi connectivity index (χ0v) is 14.0. The molecule has 3 nitrogen and oxygen atoms in total. The summed E-state index contributed by atoms with van der Waals surface area (Å²) >= 11 is 0. The molecule has 1 heterocycles. The predicted octanol–water partition coefficient (Wildman–Crippen LogP) is 4.16. The van der Waals surface area contributed by atoms with Crippen LogP contribution in [0.3, 0.4) is 0 Å². The van der Waals surface area contributed by atoms with Crippen molar-refractivity contribution < 1.29 is 9.18 Å². The second kappa shape index (κ2) is 7.58. The van der Waals surface area contributed by atoms with Gasteiger partial charge in [0.1, 0.15) is 5.82 Å². The number of likely N-dealkylation sites (tertiary alicyclic amines) is 1. The van der Waals surface area contributed by atoms with Gasteiger partial charge in [0, 0.05) is 11.6 Å². The maximum Gasteiger partial charge on any atom is 0.227 e. The van der Waals surface area contributed by atoms with E-state index in [2.05, 4.69) is 17.1 Å². The molecule has 1 saturated heterocycles. The summed E-state index contributed by atoms with van der Waals surface area (Å²) in [6, 6.07) is 14.1. The van der Waals surface area contributed by atoms with Gasteiger partial charge in [-0.2, -0.15) is 0 Å². The Labute approximate surface area is 142 Å². The van der Waals surface area contributed by atoms with Gasteiger partial charge < -0.3 is 10.2 Å². The van der Waals surface area contributed by atoms with E-state index in [1.54, 1.807) is 6.07 Å². The fraction of sp³-hybridized carbons (Fsp3) is 0.350. The molecule has 2 aromatic rings. The SMILES string of the molecule is CCN1CCC(C(=O)Nc2cccc(-c3cccc(F)c3)c2)CC1. The van der Waals surface area contributed by atoms with Crippen LogP contribution >= 0.6 is 0 Å². The van der Waals surface area contributed by atoms with Gasteiger partial charge in [0.15, 0.2) is 0 Å². The van der Waals surface area contributed by atoms with Crippen molar-refractivity contribution in [1.29, 1.82) is 0 Å². The Bertz CT molecular complexity index is 708. The maximum atomic E-state index is 13.4. The van der Waals surface area contributed by atoms with Crippen LogP contribution in [-0.4, -0.2) is 30.4 Å². The molecule has 0 radical (unpaired) electrons. The summed E-state index contributed by atoms with van der Waals surface area (Å²) in [5, 5.41) is 3.02. The van der Waals surface area contributed by atoms with Crippen molar-refractivity contribution in [2.24, 2.45) is 5.92 Å². The summed E-state index contributed by atoms with van der Waals surface area (Å²) in [5.41, 5.74) is 2.47. The highest BCUT2D eigenvalue weighted by atomic mass is 19.1. The lowest BCUT2D eigenvalue weighted by Crippen LogP contribution is -2.37. The molecule has 0 atom stereocenters. The molecule has 126 valence electrons. The third-order valence-electron chi connectivity index (χ3n) is 4.69. The van der Waals surface area contributed by atoms with E-state index in [1.807, 2.05) is 30.3 Å². The van der Waals surface area contributed by atoms with Crippen LogP contribution in [0.15, 0.2) is 48.5 Å². The van der Waals surface area contributed by atoms with Gasteiger partial charge >= 0.3 is 0 Å². The van der Waals surface area contributed by atoms with E-state index in [-0.39, 0.29) is 17.6 Å². The number of halogens is 1. The van der Waals surface area contributed by atoms with Crippen molar-refractivity contribution in [2.45, 2.75) is 19.8 Å². The van der Waals surface area contributed by atoms with Crippen LogP contribution < -0.4 is 5.32 Å². The Balaban J connectivity index is 1.67. The number of amides is 1. The predicted molar refractivity (Wildman–Crippen MR) is 95.3 cm³/mol. The van der Waals surface area contributed by atoms with Crippen molar-refractivity contribution in [3.05, 3.63) is 54.3 Å². The molecule has 1 fully saturated rings. The van der Waals surface area contributed by atoms with Crippen LogP contribution in [0.1, 0.15) is 19.8 Å². The standard InChI is InChI=1S/C20H23FN2O/c1-2-23-11-9-15(10-12-23)20(24)22-19-8-4-6-17(14-19)16-5-3-7-18(21)13-16/h3-8,13-15H,2,9-12H2,1H3,(H,22,24). The van der Waals surface area contributed by atoms with Gasteiger partial charge in [0.05, 0.1) is 0 Å². The molecule has 0 aromatic heterocycles. The highest BCUT2D eigenvalue weighted by molar-refractivity contribution is 5.93. The number of carbonyl (C=O) groups excluding carboxylic acids is 1. The number of piperidine rings is 1. The zero-order chi connectivity index (χ0) is 16.9. The van der Waals surface area contributed by atoms with Crippen LogP contribution in [0, 0.1) is 11.7 Å². The van der Waals surface area contributed by atoms with Crippen LogP contribution in [0.5, 0.6) is 0 Å². The second-order valence-electron chi connectivity index (χ2n) is 6.29. The van der Waals surface area contributed by atoms with Gasteiger partial charge in [0.25, 0.3) is 0 Å². The number of hydrogen-bond acceptors (Lipinski definition) is 2. The first-order valence-electron chi connectivity index (χ1n) is 8.55. The lowest BCUT2D eigenvalue weighted by molar-refractivity contribution is -0.121. The van der Waals surface area contributed by atoms with E-state index in [9.17, 15) is 9.18 Å². The number of anilines is 1. The molecule has 0 saturated carbocycles. The molecule has 0 aliphatic carbocycles. The maximum absolute atomic E-state index is 13.4. The number of carbonyl (C=O) groups is 1. The fourth-order valence-electron chi connectivity index (χ4n) is 3.20. The monoisotopic (exact) mass is 326 g/mol. The van der Waals surface area contributed by atoms with E-state index in [1.165, 1.54) is 12.1 Å². The second-order valence-corrected chi connectivity index (χ2v) is 6.29. The molecule has 1 amide bonds. The number of rotatable bonds is 4. The van der Waals surface area contributed by atoms with E-state index < -0.39 is 0 Å².